The molecule has 1 fully saturated rings. The van der Waals surface area contributed by atoms with Gasteiger partial charge in [-0.1, -0.05) is 79.6 Å². The highest BCUT2D eigenvalue weighted by atomic mass is 16.5. The molecule has 2 N–H and O–H groups in total. The summed E-state index contributed by atoms with van der Waals surface area (Å²) in [5.74, 6) is 0.0839. The van der Waals surface area contributed by atoms with E-state index in [9.17, 15) is 19.5 Å². The number of aromatic amines is 1. The van der Waals surface area contributed by atoms with E-state index in [0.717, 1.165) is 18.4 Å². The summed E-state index contributed by atoms with van der Waals surface area (Å²) in [7, 11) is 0. The lowest BCUT2D eigenvalue weighted by Gasteiger charge is -2.45. The van der Waals surface area contributed by atoms with Crippen LogP contribution < -0.4 is 10.3 Å². The van der Waals surface area contributed by atoms with Crippen molar-refractivity contribution in [3.63, 3.8) is 0 Å². The average molecular weight is 552 g/mol. The molecule has 212 valence electrons. The third-order valence-corrected chi connectivity index (χ3v) is 8.72. The molecule has 0 amide bonds. The Balaban J connectivity index is 1.41. The van der Waals surface area contributed by atoms with E-state index in [2.05, 4.69) is 24.9 Å². The molecule has 41 heavy (non-hydrogen) atoms. The van der Waals surface area contributed by atoms with Crippen molar-refractivity contribution in [2.24, 2.45) is 29.6 Å². The molecule has 6 nitrogen and oxygen atoms in total. The summed E-state index contributed by atoms with van der Waals surface area (Å²) in [6, 6.07) is 16.0. The van der Waals surface area contributed by atoms with E-state index < -0.39 is 11.5 Å². The summed E-state index contributed by atoms with van der Waals surface area (Å²) in [5, 5.41) is 11.3. The molecule has 6 heteroatoms. The number of carbonyl (C=O) groups excluding carboxylic acids is 2. The second kappa shape index (κ2) is 12.1. The number of H-pyrrole nitrogens is 1. The van der Waals surface area contributed by atoms with E-state index in [-0.39, 0.29) is 35.4 Å². The van der Waals surface area contributed by atoms with Gasteiger partial charge in [-0.05, 0) is 73.6 Å². The van der Waals surface area contributed by atoms with Crippen molar-refractivity contribution in [2.75, 3.05) is 0 Å². The van der Waals surface area contributed by atoms with Crippen LogP contribution in [0.4, 0.5) is 0 Å². The van der Waals surface area contributed by atoms with Crippen LogP contribution in [0.2, 0.25) is 0 Å². The number of nitrogens with one attached hydrogen (secondary N) is 1. The Hall–Kier alpha value is -4.19. The Morgan fingerprint density at radius 1 is 1.07 bits per heavy atom. The van der Waals surface area contributed by atoms with E-state index in [1.54, 1.807) is 24.3 Å². The molecule has 0 spiro atoms. The van der Waals surface area contributed by atoms with E-state index in [4.69, 9.17) is 4.74 Å². The van der Waals surface area contributed by atoms with Gasteiger partial charge in [0.25, 0.3) is 5.56 Å². The highest BCUT2D eigenvalue weighted by Crippen LogP contribution is 2.49. The van der Waals surface area contributed by atoms with Crippen molar-refractivity contribution in [1.29, 1.82) is 0 Å². The summed E-state index contributed by atoms with van der Waals surface area (Å²) >= 11 is 0. The fourth-order valence-corrected chi connectivity index (χ4v) is 6.70. The molecule has 2 aliphatic carbocycles. The monoisotopic (exact) mass is 551 g/mol. The lowest BCUT2D eigenvalue weighted by Crippen LogP contribution is -2.40. The maximum atomic E-state index is 14.0. The number of rotatable bonds is 7. The van der Waals surface area contributed by atoms with Crippen molar-refractivity contribution < 1.29 is 19.4 Å². The van der Waals surface area contributed by atoms with Crippen LogP contribution in [-0.2, 0) is 11.2 Å². The fourth-order valence-electron chi connectivity index (χ4n) is 6.70. The first-order valence-corrected chi connectivity index (χ1v) is 14.4. The van der Waals surface area contributed by atoms with Crippen molar-refractivity contribution in [1.82, 2.24) is 4.98 Å². The van der Waals surface area contributed by atoms with Gasteiger partial charge in [-0.25, -0.2) is 0 Å². The van der Waals surface area contributed by atoms with Crippen LogP contribution in [-0.4, -0.2) is 21.8 Å². The summed E-state index contributed by atoms with van der Waals surface area (Å²) in [5.41, 5.74) is 2.15. The molecule has 2 aromatic carbocycles. The minimum atomic E-state index is -0.605. The molecule has 1 saturated carbocycles. The van der Waals surface area contributed by atoms with Gasteiger partial charge in [-0.2, -0.15) is 0 Å². The second-order valence-electron chi connectivity index (χ2n) is 11.5. The van der Waals surface area contributed by atoms with E-state index in [1.165, 1.54) is 18.2 Å². The number of esters is 1. The normalized spacial score (nSPS) is 24.0. The summed E-state index contributed by atoms with van der Waals surface area (Å²) in [6.45, 7) is 6.32. The van der Waals surface area contributed by atoms with E-state index >= 15 is 0 Å². The fraction of sp³-hybridized carbons (Fsp3) is 0.343. The van der Waals surface area contributed by atoms with Gasteiger partial charge >= 0.3 is 5.97 Å². The van der Waals surface area contributed by atoms with Crippen LogP contribution in [0, 0.1) is 29.6 Å². The highest BCUT2D eigenvalue weighted by Gasteiger charge is 2.43. The van der Waals surface area contributed by atoms with Gasteiger partial charge in [0.1, 0.15) is 17.1 Å². The number of Topliss-reactive ketones (excluding diaryl/α,β-unsaturated/α-hetero) is 1. The molecule has 3 aromatic rings. The maximum Gasteiger partial charge on any atom is 0.315 e. The number of aromatic hydroxyl groups is 1. The number of hydrogen-bond donors (Lipinski definition) is 2. The zero-order chi connectivity index (χ0) is 29.1. The van der Waals surface area contributed by atoms with Crippen LogP contribution in [0.5, 0.6) is 11.5 Å². The number of hydrogen-bond acceptors (Lipinski definition) is 5. The Morgan fingerprint density at radius 3 is 2.51 bits per heavy atom. The SMILES string of the molecule is C/C=C/[C@@H]1[C@H]2C[C@@H](C)CC[C@@H]2C(C)=C[C@H]1C(=O)c1c(O)c(-c2ccc(OC(=O)Cc3ccccc3)cc2)c[nH]c1=O. The number of fused-ring (bicyclic) bond motifs is 1. The van der Waals surface area contributed by atoms with Gasteiger partial charge < -0.3 is 14.8 Å². The summed E-state index contributed by atoms with van der Waals surface area (Å²) in [4.78, 5) is 42.0. The smallest absolute Gasteiger partial charge is 0.315 e. The van der Waals surface area contributed by atoms with Crippen LogP contribution >= 0.6 is 0 Å². The highest BCUT2D eigenvalue weighted by molar-refractivity contribution is 6.03. The van der Waals surface area contributed by atoms with Crippen LogP contribution in [0.15, 0.2) is 89.4 Å². The van der Waals surface area contributed by atoms with Gasteiger partial charge in [0.05, 0.1) is 6.42 Å². The molecule has 2 aliphatic rings. The third-order valence-electron chi connectivity index (χ3n) is 8.72. The number of benzene rings is 2. The van der Waals surface area contributed by atoms with Gasteiger partial charge in [0.2, 0.25) is 0 Å². The quantitative estimate of drug-likeness (QED) is 0.144. The number of aromatic nitrogens is 1. The summed E-state index contributed by atoms with van der Waals surface area (Å²) < 4.78 is 5.47. The van der Waals surface area contributed by atoms with Gasteiger partial charge in [-0.3, -0.25) is 14.4 Å². The average Bonchev–Trinajstić information content (AvgIpc) is 2.95. The van der Waals surface area contributed by atoms with Crippen molar-refractivity contribution in [3.05, 3.63) is 106 Å². The lowest BCUT2D eigenvalue weighted by molar-refractivity contribution is -0.133. The topological polar surface area (TPSA) is 96.5 Å². The predicted octanol–water partition coefficient (Wildman–Crippen LogP) is 6.90. The molecule has 0 saturated heterocycles. The first-order chi connectivity index (χ1) is 19.8. The number of pyridine rings is 1. The minimum Gasteiger partial charge on any atom is -0.506 e. The molecular weight excluding hydrogens is 514 g/mol. The van der Waals surface area contributed by atoms with Crippen LogP contribution in [0.3, 0.4) is 0 Å². The van der Waals surface area contributed by atoms with Crippen molar-refractivity contribution in [3.8, 4) is 22.6 Å². The zero-order valence-corrected chi connectivity index (χ0v) is 23.8. The molecule has 0 radical (unpaired) electrons. The predicted molar refractivity (Wildman–Crippen MR) is 160 cm³/mol. The van der Waals surface area contributed by atoms with Gasteiger partial charge in [-0.15, -0.1) is 0 Å². The zero-order valence-electron chi connectivity index (χ0n) is 23.8. The Labute approximate surface area is 240 Å². The molecule has 0 unspecified atom stereocenters. The molecule has 0 bridgehead atoms. The third kappa shape index (κ3) is 5.97. The second-order valence-corrected chi connectivity index (χ2v) is 11.5. The van der Waals surface area contributed by atoms with E-state index in [1.807, 2.05) is 49.4 Å². The molecule has 5 atom stereocenters. The first-order valence-electron chi connectivity index (χ1n) is 14.4. The van der Waals surface area contributed by atoms with Crippen LogP contribution in [0.1, 0.15) is 56.0 Å². The molecule has 5 rings (SSSR count). The summed E-state index contributed by atoms with van der Waals surface area (Å²) in [6.07, 6.45) is 11.0. The van der Waals surface area contributed by atoms with Gasteiger partial charge in [0.15, 0.2) is 5.78 Å². The Morgan fingerprint density at radius 2 is 1.80 bits per heavy atom. The Bertz CT molecular complexity index is 1530. The molecule has 1 aromatic heterocycles. The molecule has 1 heterocycles. The van der Waals surface area contributed by atoms with Crippen molar-refractivity contribution >= 4 is 11.8 Å². The first kappa shape index (κ1) is 28.3. The minimum absolute atomic E-state index is 0.0312. The number of carbonyl (C=O) groups is 2. The van der Waals surface area contributed by atoms with Crippen molar-refractivity contribution in [2.45, 2.75) is 46.5 Å². The number of ether oxygens (including phenoxy) is 1. The Kier molecular flexibility index (Phi) is 8.39. The lowest BCUT2D eigenvalue weighted by atomic mass is 9.59. The maximum absolute atomic E-state index is 14.0. The standard InChI is InChI=1S/C35H37NO5/c1-4-8-27-28-17-21(2)11-16-26(28)22(3)18-29(27)33(38)32-34(39)30(20-36-35(32)40)24-12-14-25(15-13-24)41-31(37)19-23-9-6-5-7-10-23/h4-10,12-15,18,20-21,26-29H,11,16-17,19H2,1-3H3,(H2,36,39,40)/b8-4+/t21-,26+,27+,28-,29+/m0/s1. The molecule has 0 aliphatic heterocycles. The largest absolute Gasteiger partial charge is 0.506 e. The molecular formula is C35H37NO5. The number of ketones is 1. The van der Waals surface area contributed by atoms with Gasteiger partial charge in [0, 0.05) is 17.7 Å². The number of allylic oxidation sites excluding steroid dienone is 4. The van der Waals surface area contributed by atoms with Crippen LogP contribution in [0.25, 0.3) is 11.1 Å². The van der Waals surface area contributed by atoms with E-state index in [0.29, 0.717) is 34.6 Å².